The number of rotatable bonds is 4. The molecule has 0 amide bonds. The molecule has 2 rings (SSSR count). The summed E-state index contributed by atoms with van der Waals surface area (Å²) in [5, 5.41) is 11.6. The summed E-state index contributed by atoms with van der Waals surface area (Å²) in [7, 11) is 0. The topological polar surface area (TPSA) is 35.9 Å². The van der Waals surface area contributed by atoms with Gasteiger partial charge in [-0.1, -0.05) is 60.1 Å². The highest BCUT2D eigenvalue weighted by Crippen LogP contribution is 2.10. The highest BCUT2D eigenvalue weighted by atomic mass is 35.5. The van der Waals surface area contributed by atoms with E-state index in [4.69, 9.17) is 17.0 Å². The highest BCUT2D eigenvalue weighted by Gasteiger charge is 1.95. The summed E-state index contributed by atoms with van der Waals surface area (Å²) in [4.78, 5) is 0. The molecule has 0 heterocycles. The van der Waals surface area contributed by atoms with Crippen molar-refractivity contribution in [3.05, 3.63) is 76.8 Å². The van der Waals surface area contributed by atoms with Gasteiger partial charge in [-0.05, 0) is 29.3 Å². The highest BCUT2D eigenvalue weighted by molar-refractivity contribution is 6.30. The van der Waals surface area contributed by atoms with Crippen LogP contribution in [-0.4, -0.2) is 5.84 Å². The zero-order valence-corrected chi connectivity index (χ0v) is 11.2. The molecule has 0 aliphatic heterocycles. The molecule has 96 valence electrons. The van der Waals surface area contributed by atoms with E-state index in [-0.39, 0.29) is 0 Å². The second-order valence-corrected chi connectivity index (χ2v) is 4.58. The summed E-state index contributed by atoms with van der Waals surface area (Å²) >= 11 is 5.91. The Balaban J connectivity index is 1.87. The van der Waals surface area contributed by atoms with Gasteiger partial charge in [0.25, 0.3) is 0 Å². The van der Waals surface area contributed by atoms with Crippen molar-refractivity contribution in [2.75, 3.05) is 0 Å². The Morgan fingerprint density at radius 3 is 2.63 bits per heavy atom. The van der Waals surface area contributed by atoms with E-state index in [0.29, 0.717) is 17.4 Å². The molecule has 0 aromatic heterocycles. The quantitative estimate of drug-likeness (QED) is 0.636. The van der Waals surface area contributed by atoms with Crippen molar-refractivity contribution in [3.63, 3.8) is 0 Å². The van der Waals surface area contributed by atoms with Crippen LogP contribution in [0.25, 0.3) is 6.08 Å². The lowest BCUT2D eigenvalue weighted by Gasteiger charge is -2.05. The monoisotopic (exact) mass is 270 g/mol. The van der Waals surface area contributed by atoms with E-state index in [2.05, 4.69) is 5.32 Å². The van der Waals surface area contributed by atoms with Gasteiger partial charge in [-0.15, -0.1) is 0 Å². The van der Waals surface area contributed by atoms with Crippen LogP contribution >= 0.6 is 11.6 Å². The molecule has 0 saturated heterocycles. The molecule has 0 bridgehead atoms. The van der Waals surface area contributed by atoms with Gasteiger partial charge in [-0.2, -0.15) is 0 Å². The molecule has 2 aromatic carbocycles. The van der Waals surface area contributed by atoms with Gasteiger partial charge in [0.15, 0.2) is 0 Å². The molecule has 0 radical (unpaired) electrons. The number of halogens is 1. The van der Waals surface area contributed by atoms with Crippen LogP contribution in [0.1, 0.15) is 11.1 Å². The minimum atomic E-state index is 0.379. The molecule has 0 spiro atoms. The van der Waals surface area contributed by atoms with Crippen molar-refractivity contribution in [1.29, 1.82) is 5.41 Å². The van der Waals surface area contributed by atoms with Crippen molar-refractivity contribution >= 4 is 23.5 Å². The van der Waals surface area contributed by atoms with Crippen LogP contribution in [0.4, 0.5) is 0 Å². The van der Waals surface area contributed by atoms with Crippen molar-refractivity contribution < 1.29 is 0 Å². The molecule has 0 unspecified atom stereocenters. The molecule has 2 nitrogen and oxygen atoms in total. The van der Waals surface area contributed by atoms with Crippen LogP contribution in [0, 0.1) is 5.41 Å². The third-order valence-electron chi connectivity index (χ3n) is 2.61. The van der Waals surface area contributed by atoms with E-state index >= 15 is 0 Å². The Morgan fingerprint density at radius 1 is 1.11 bits per heavy atom. The Morgan fingerprint density at radius 2 is 1.89 bits per heavy atom. The Labute approximate surface area is 118 Å². The second kappa shape index (κ2) is 6.76. The maximum absolute atomic E-state index is 7.81. The summed E-state index contributed by atoms with van der Waals surface area (Å²) in [6.07, 6.45) is 3.66. The van der Waals surface area contributed by atoms with Crippen molar-refractivity contribution in [2.24, 2.45) is 0 Å². The van der Waals surface area contributed by atoms with Crippen molar-refractivity contribution in [3.8, 4) is 0 Å². The zero-order chi connectivity index (χ0) is 13.5. The van der Waals surface area contributed by atoms with Gasteiger partial charge < -0.3 is 5.32 Å². The summed E-state index contributed by atoms with van der Waals surface area (Å²) in [5.74, 6) is 0.379. The van der Waals surface area contributed by atoms with Crippen LogP contribution < -0.4 is 5.32 Å². The van der Waals surface area contributed by atoms with E-state index in [1.165, 1.54) is 0 Å². The maximum atomic E-state index is 7.81. The fraction of sp³-hybridized carbons (Fsp3) is 0.0625. The molecule has 2 aromatic rings. The minimum Gasteiger partial charge on any atom is -0.366 e. The van der Waals surface area contributed by atoms with E-state index in [1.807, 2.05) is 60.7 Å². The molecule has 0 fully saturated rings. The first-order valence-electron chi connectivity index (χ1n) is 6.04. The number of hydrogen-bond donors (Lipinski definition) is 2. The molecule has 3 heteroatoms. The first-order valence-corrected chi connectivity index (χ1v) is 6.42. The van der Waals surface area contributed by atoms with Crippen molar-refractivity contribution in [2.45, 2.75) is 6.54 Å². The van der Waals surface area contributed by atoms with Crippen LogP contribution in [0.3, 0.4) is 0 Å². The predicted octanol–water partition coefficient (Wildman–Crippen LogP) is 4.12. The minimum absolute atomic E-state index is 0.379. The van der Waals surface area contributed by atoms with E-state index in [0.717, 1.165) is 11.1 Å². The van der Waals surface area contributed by atoms with Crippen LogP contribution in [0.5, 0.6) is 0 Å². The van der Waals surface area contributed by atoms with E-state index < -0.39 is 0 Å². The zero-order valence-electron chi connectivity index (χ0n) is 10.4. The summed E-state index contributed by atoms with van der Waals surface area (Å²) in [5.41, 5.74) is 2.14. The molecule has 19 heavy (non-hydrogen) atoms. The summed E-state index contributed by atoms with van der Waals surface area (Å²) in [6, 6.07) is 17.5. The lowest BCUT2D eigenvalue weighted by Crippen LogP contribution is -2.19. The third kappa shape index (κ3) is 4.60. The normalized spacial score (nSPS) is 10.6. The average molecular weight is 271 g/mol. The largest absolute Gasteiger partial charge is 0.366 e. The summed E-state index contributed by atoms with van der Waals surface area (Å²) in [6.45, 7) is 0.596. The van der Waals surface area contributed by atoms with Gasteiger partial charge in [0.05, 0.1) is 0 Å². The van der Waals surface area contributed by atoms with E-state index in [1.54, 1.807) is 6.08 Å². The molecule has 2 N–H and O–H groups in total. The summed E-state index contributed by atoms with van der Waals surface area (Å²) < 4.78 is 0. The smallest absolute Gasteiger partial charge is 0.118 e. The Hall–Kier alpha value is -2.06. The van der Waals surface area contributed by atoms with E-state index in [9.17, 15) is 0 Å². The fourth-order valence-corrected chi connectivity index (χ4v) is 1.86. The van der Waals surface area contributed by atoms with Crippen LogP contribution in [0.2, 0.25) is 5.02 Å². The molecule has 0 aliphatic rings. The third-order valence-corrected chi connectivity index (χ3v) is 2.85. The lowest BCUT2D eigenvalue weighted by molar-refractivity contribution is 0.912. The Kier molecular flexibility index (Phi) is 4.76. The number of amidine groups is 1. The van der Waals surface area contributed by atoms with Gasteiger partial charge in [0.2, 0.25) is 0 Å². The Bertz CT molecular complexity index is 576. The van der Waals surface area contributed by atoms with Gasteiger partial charge in [0, 0.05) is 11.6 Å². The number of nitrogens with one attached hydrogen (secondary N) is 2. The molecule has 0 atom stereocenters. The van der Waals surface area contributed by atoms with Gasteiger partial charge in [-0.3, -0.25) is 5.41 Å². The number of benzene rings is 2. The standard InChI is InChI=1S/C16H15ClN2/c17-15-8-4-7-14(11-15)12-19-16(18)10-9-13-5-2-1-3-6-13/h1-11H,12H2,(H2,18,19)/b10-9+. The van der Waals surface area contributed by atoms with Gasteiger partial charge in [0.1, 0.15) is 5.84 Å². The first-order chi connectivity index (χ1) is 9.24. The van der Waals surface area contributed by atoms with Crippen LogP contribution in [0.15, 0.2) is 60.7 Å². The molecular weight excluding hydrogens is 256 g/mol. The average Bonchev–Trinajstić information content (AvgIpc) is 2.44. The van der Waals surface area contributed by atoms with Crippen LogP contribution in [-0.2, 0) is 6.54 Å². The second-order valence-electron chi connectivity index (χ2n) is 4.14. The van der Waals surface area contributed by atoms with Gasteiger partial charge >= 0.3 is 0 Å². The van der Waals surface area contributed by atoms with Crippen molar-refractivity contribution in [1.82, 2.24) is 5.32 Å². The first kappa shape index (κ1) is 13.4. The fourth-order valence-electron chi connectivity index (χ4n) is 1.65. The molecule has 0 saturated carbocycles. The lowest BCUT2D eigenvalue weighted by atomic mass is 10.2. The maximum Gasteiger partial charge on any atom is 0.118 e. The molecular formula is C16H15ClN2. The SMILES string of the molecule is N=C(/C=C/c1ccccc1)NCc1cccc(Cl)c1. The molecule has 0 aliphatic carbocycles. The van der Waals surface area contributed by atoms with Gasteiger partial charge in [-0.25, -0.2) is 0 Å². The predicted molar refractivity (Wildman–Crippen MR) is 81.5 cm³/mol. The number of hydrogen-bond acceptors (Lipinski definition) is 1.